The van der Waals surface area contributed by atoms with Crippen molar-refractivity contribution in [2.24, 2.45) is 5.73 Å². The van der Waals surface area contributed by atoms with E-state index in [2.05, 4.69) is 5.32 Å². The first-order chi connectivity index (χ1) is 9.16. The van der Waals surface area contributed by atoms with Crippen LogP contribution in [0.25, 0.3) is 0 Å². The summed E-state index contributed by atoms with van der Waals surface area (Å²) in [6, 6.07) is 14.9. The molecule has 4 heteroatoms. The number of anilines is 1. The van der Waals surface area contributed by atoms with Gasteiger partial charge in [0.25, 0.3) is 0 Å². The van der Waals surface area contributed by atoms with Gasteiger partial charge in [0, 0.05) is 17.8 Å². The minimum absolute atomic E-state index is 0.288. The van der Waals surface area contributed by atoms with Crippen molar-refractivity contribution in [1.82, 2.24) is 0 Å². The summed E-state index contributed by atoms with van der Waals surface area (Å²) in [4.78, 5) is 0.396. The Kier molecular flexibility index (Phi) is 4.36. The van der Waals surface area contributed by atoms with Crippen LogP contribution in [0.1, 0.15) is 11.1 Å². The smallest absolute Gasteiger partial charge is 0.115 e. The van der Waals surface area contributed by atoms with Crippen molar-refractivity contribution >= 4 is 22.9 Å². The van der Waals surface area contributed by atoms with Crippen LogP contribution in [0.5, 0.6) is 5.75 Å². The second-order valence-corrected chi connectivity index (χ2v) is 4.69. The Labute approximate surface area is 118 Å². The van der Waals surface area contributed by atoms with Crippen molar-refractivity contribution in [2.45, 2.75) is 6.42 Å². The Balaban J connectivity index is 1.96. The molecule has 0 fully saturated rings. The Hall–Kier alpha value is -2.07. The minimum Gasteiger partial charge on any atom is -0.508 e. The van der Waals surface area contributed by atoms with Gasteiger partial charge in [0.15, 0.2) is 0 Å². The van der Waals surface area contributed by atoms with Crippen LogP contribution < -0.4 is 11.1 Å². The quantitative estimate of drug-likeness (QED) is 0.732. The van der Waals surface area contributed by atoms with Crippen LogP contribution in [0.2, 0.25) is 0 Å². The first kappa shape index (κ1) is 13.4. The van der Waals surface area contributed by atoms with Gasteiger partial charge < -0.3 is 16.2 Å². The van der Waals surface area contributed by atoms with Crippen LogP contribution in [0.3, 0.4) is 0 Å². The van der Waals surface area contributed by atoms with E-state index in [1.807, 2.05) is 36.4 Å². The third-order valence-corrected chi connectivity index (χ3v) is 3.08. The molecule has 0 heterocycles. The highest BCUT2D eigenvalue weighted by atomic mass is 32.1. The van der Waals surface area contributed by atoms with Gasteiger partial charge in [-0.2, -0.15) is 0 Å². The summed E-state index contributed by atoms with van der Waals surface area (Å²) in [6.07, 6.45) is 0.867. The van der Waals surface area contributed by atoms with Gasteiger partial charge in [-0.15, -0.1) is 0 Å². The van der Waals surface area contributed by atoms with Crippen LogP contribution >= 0.6 is 12.2 Å². The molecule has 0 radical (unpaired) electrons. The topological polar surface area (TPSA) is 58.3 Å². The third kappa shape index (κ3) is 3.69. The Bertz CT molecular complexity index is 567. The van der Waals surface area contributed by atoms with Crippen molar-refractivity contribution in [3.05, 3.63) is 59.7 Å². The molecule has 0 saturated heterocycles. The molecule has 0 aliphatic heterocycles. The number of nitrogens with one attached hydrogen (secondary N) is 1. The van der Waals surface area contributed by atoms with Crippen molar-refractivity contribution in [3.8, 4) is 5.75 Å². The second kappa shape index (κ2) is 6.20. The Morgan fingerprint density at radius 2 is 1.79 bits per heavy atom. The number of phenols is 1. The highest BCUT2D eigenvalue weighted by Crippen LogP contribution is 2.15. The molecule has 0 aliphatic rings. The van der Waals surface area contributed by atoms with Gasteiger partial charge in [-0.1, -0.05) is 36.5 Å². The average molecular weight is 272 g/mol. The molecule has 2 aromatic carbocycles. The summed E-state index contributed by atoms with van der Waals surface area (Å²) in [7, 11) is 0. The van der Waals surface area contributed by atoms with Gasteiger partial charge >= 0.3 is 0 Å². The van der Waals surface area contributed by atoms with Crippen molar-refractivity contribution < 1.29 is 5.11 Å². The first-order valence-corrected chi connectivity index (χ1v) is 6.48. The van der Waals surface area contributed by atoms with Gasteiger partial charge in [0.05, 0.1) is 0 Å². The number of nitrogens with two attached hydrogens (primary N) is 1. The predicted octanol–water partition coefficient (Wildman–Crippen LogP) is 2.68. The van der Waals surface area contributed by atoms with E-state index in [0.717, 1.165) is 29.8 Å². The van der Waals surface area contributed by atoms with Crippen LogP contribution in [0, 0.1) is 0 Å². The van der Waals surface area contributed by atoms with Crippen LogP contribution in [-0.2, 0) is 6.42 Å². The number of benzene rings is 2. The molecular formula is C15H16N2OS. The van der Waals surface area contributed by atoms with E-state index in [1.54, 1.807) is 12.1 Å². The number of hydrogen-bond donors (Lipinski definition) is 3. The Morgan fingerprint density at radius 1 is 1.11 bits per heavy atom. The van der Waals surface area contributed by atoms with Crippen LogP contribution in [-0.4, -0.2) is 16.6 Å². The third-order valence-electron chi connectivity index (χ3n) is 2.86. The van der Waals surface area contributed by atoms with Gasteiger partial charge in [-0.05, 0) is 36.2 Å². The molecule has 0 atom stereocenters. The maximum atomic E-state index is 9.21. The maximum Gasteiger partial charge on any atom is 0.115 e. The zero-order valence-electron chi connectivity index (χ0n) is 10.5. The summed E-state index contributed by atoms with van der Waals surface area (Å²) < 4.78 is 0. The van der Waals surface area contributed by atoms with Crippen LogP contribution in [0.15, 0.2) is 48.5 Å². The van der Waals surface area contributed by atoms with E-state index in [4.69, 9.17) is 18.0 Å². The van der Waals surface area contributed by atoms with Gasteiger partial charge in [0.2, 0.25) is 0 Å². The maximum absolute atomic E-state index is 9.21. The lowest BCUT2D eigenvalue weighted by Gasteiger charge is -2.11. The number of phenolic OH excluding ortho intramolecular Hbond substituents is 1. The summed E-state index contributed by atoms with van der Waals surface area (Å²) >= 11 is 5.02. The fraction of sp³-hybridized carbons (Fsp3) is 0.133. The molecule has 0 aliphatic carbocycles. The number of para-hydroxylation sites is 1. The van der Waals surface area contributed by atoms with E-state index in [9.17, 15) is 5.11 Å². The van der Waals surface area contributed by atoms with E-state index in [1.165, 1.54) is 0 Å². The molecule has 4 N–H and O–H groups in total. The molecule has 0 saturated carbocycles. The molecular weight excluding hydrogens is 256 g/mol. The van der Waals surface area contributed by atoms with Gasteiger partial charge in [-0.3, -0.25) is 0 Å². The molecule has 0 bridgehead atoms. The highest BCUT2D eigenvalue weighted by molar-refractivity contribution is 7.80. The fourth-order valence-corrected chi connectivity index (χ4v) is 2.03. The normalized spacial score (nSPS) is 10.1. The van der Waals surface area contributed by atoms with Crippen molar-refractivity contribution in [2.75, 3.05) is 11.9 Å². The minimum atomic E-state index is 0.288. The van der Waals surface area contributed by atoms with Crippen molar-refractivity contribution in [3.63, 3.8) is 0 Å². The zero-order valence-corrected chi connectivity index (χ0v) is 11.3. The van der Waals surface area contributed by atoms with E-state index < -0.39 is 0 Å². The number of hydrogen-bond acceptors (Lipinski definition) is 3. The van der Waals surface area contributed by atoms with Crippen molar-refractivity contribution in [1.29, 1.82) is 0 Å². The summed E-state index contributed by atoms with van der Waals surface area (Å²) in [5, 5.41) is 12.5. The monoisotopic (exact) mass is 272 g/mol. The number of rotatable bonds is 5. The lowest BCUT2D eigenvalue weighted by Crippen LogP contribution is -2.14. The molecule has 2 aromatic rings. The Morgan fingerprint density at radius 3 is 2.47 bits per heavy atom. The molecule has 2 rings (SSSR count). The summed E-state index contributed by atoms with van der Waals surface area (Å²) in [6.45, 7) is 0.782. The van der Waals surface area contributed by atoms with Gasteiger partial charge in [-0.25, -0.2) is 0 Å². The van der Waals surface area contributed by atoms with E-state index in [0.29, 0.717) is 4.99 Å². The number of aromatic hydroxyl groups is 1. The fourth-order valence-electron chi connectivity index (χ4n) is 1.86. The van der Waals surface area contributed by atoms with E-state index >= 15 is 0 Å². The molecule has 0 amide bonds. The van der Waals surface area contributed by atoms with Gasteiger partial charge in [0.1, 0.15) is 10.7 Å². The average Bonchev–Trinajstić information content (AvgIpc) is 2.41. The molecule has 0 aromatic heterocycles. The predicted molar refractivity (Wildman–Crippen MR) is 82.6 cm³/mol. The lowest BCUT2D eigenvalue weighted by molar-refractivity contribution is 0.475. The summed E-state index contributed by atoms with van der Waals surface area (Å²) in [5.41, 5.74) is 8.66. The van der Waals surface area contributed by atoms with Crippen LogP contribution in [0.4, 0.5) is 5.69 Å². The number of thiocarbonyl (C=S) groups is 1. The molecule has 0 spiro atoms. The standard InChI is InChI=1S/C15H16N2OS/c16-15(19)13-3-1-2-4-14(13)17-10-9-11-5-7-12(18)8-6-11/h1-8,17-18H,9-10H2,(H2,16,19). The van der Waals surface area contributed by atoms with E-state index in [-0.39, 0.29) is 5.75 Å². The molecule has 98 valence electrons. The largest absolute Gasteiger partial charge is 0.508 e. The highest BCUT2D eigenvalue weighted by Gasteiger charge is 2.03. The molecule has 19 heavy (non-hydrogen) atoms. The zero-order chi connectivity index (χ0) is 13.7. The second-order valence-electron chi connectivity index (χ2n) is 4.25. The molecule has 0 unspecified atom stereocenters. The lowest BCUT2D eigenvalue weighted by atomic mass is 10.1. The first-order valence-electron chi connectivity index (χ1n) is 6.07. The molecule has 3 nitrogen and oxygen atoms in total. The summed E-state index contributed by atoms with van der Waals surface area (Å²) in [5.74, 6) is 0.288. The SMILES string of the molecule is NC(=S)c1ccccc1NCCc1ccc(O)cc1.